The molecule has 3 rings (SSSR count). The lowest BCUT2D eigenvalue weighted by Gasteiger charge is -2.32. The van der Waals surface area contributed by atoms with Crippen LogP contribution in [0.25, 0.3) is 0 Å². The van der Waals surface area contributed by atoms with E-state index < -0.39 is 0 Å². The first-order valence-electron chi connectivity index (χ1n) is 10.1. The van der Waals surface area contributed by atoms with E-state index in [0.29, 0.717) is 5.92 Å². The predicted octanol–water partition coefficient (Wildman–Crippen LogP) is 5.98. The minimum atomic E-state index is 0.282. The van der Waals surface area contributed by atoms with Crippen LogP contribution in [0.1, 0.15) is 30.5 Å². The minimum absolute atomic E-state index is 0.282. The molecule has 0 bridgehead atoms. The van der Waals surface area contributed by atoms with Gasteiger partial charge < -0.3 is 0 Å². The Bertz CT molecular complexity index is 785. The van der Waals surface area contributed by atoms with Crippen LogP contribution >= 0.6 is 0 Å². The summed E-state index contributed by atoms with van der Waals surface area (Å²) in [5.74, 6) is 0.479. The zero-order valence-electron chi connectivity index (χ0n) is 16.9. The van der Waals surface area contributed by atoms with Crippen LogP contribution in [0.2, 0.25) is 0 Å². The summed E-state index contributed by atoms with van der Waals surface area (Å²) in [6.07, 6.45) is 2.16. The molecule has 0 radical (unpaired) electrons. The molecule has 144 valence electrons. The van der Waals surface area contributed by atoms with Crippen LogP contribution in [0.5, 0.6) is 0 Å². The molecule has 0 aliphatic carbocycles. The maximum atomic E-state index is 4.80. The number of hydrogen-bond donors (Lipinski definition) is 0. The van der Waals surface area contributed by atoms with Crippen molar-refractivity contribution in [3.8, 4) is 0 Å². The molecule has 0 spiro atoms. The molecular weight excluding hydrogens is 340 g/mol. The van der Waals surface area contributed by atoms with E-state index in [9.17, 15) is 0 Å². The van der Waals surface area contributed by atoms with Gasteiger partial charge in [-0.15, -0.1) is 0 Å². The molecule has 0 fully saturated rings. The molecule has 3 aromatic rings. The molecule has 0 heterocycles. The number of aliphatic imine (C=N–C) groups is 1. The Morgan fingerprint density at radius 2 is 1.11 bits per heavy atom. The van der Waals surface area contributed by atoms with Crippen molar-refractivity contribution in [2.24, 2.45) is 10.9 Å². The number of benzene rings is 3. The van der Waals surface area contributed by atoms with E-state index in [0.717, 1.165) is 19.6 Å². The van der Waals surface area contributed by atoms with Crippen molar-refractivity contribution >= 4 is 6.21 Å². The van der Waals surface area contributed by atoms with Crippen molar-refractivity contribution in [3.05, 3.63) is 108 Å². The Balaban J connectivity index is 1.79. The molecule has 0 saturated heterocycles. The van der Waals surface area contributed by atoms with E-state index in [1.807, 2.05) is 6.07 Å². The summed E-state index contributed by atoms with van der Waals surface area (Å²) in [5.41, 5.74) is 3.92. The maximum Gasteiger partial charge on any atom is 0.0636 e. The van der Waals surface area contributed by atoms with Gasteiger partial charge in [0.25, 0.3) is 0 Å². The smallest absolute Gasteiger partial charge is 0.0636 e. The largest absolute Gasteiger partial charge is 0.291 e. The van der Waals surface area contributed by atoms with Crippen molar-refractivity contribution < 1.29 is 0 Å². The molecule has 0 aliphatic heterocycles. The summed E-state index contributed by atoms with van der Waals surface area (Å²) < 4.78 is 0. The first-order chi connectivity index (χ1) is 13.7. The average molecular weight is 371 g/mol. The lowest BCUT2D eigenvalue weighted by molar-refractivity contribution is 0.189. The summed E-state index contributed by atoms with van der Waals surface area (Å²) in [5, 5.41) is 0. The van der Waals surface area contributed by atoms with Gasteiger partial charge in [0, 0.05) is 25.3 Å². The van der Waals surface area contributed by atoms with Gasteiger partial charge in [0.1, 0.15) is 0 Å². The second kappa shape index (κ2) is 10.6. The molecule has 0 saturated carbocycles. The highest BCUT2D eigenvalue weighted by atomic mass is 15.2. The van der Waals surface area contributed by atoms with Gasteiger partial charge in [0.15, 0.2) is 0 Å². The van der Waals surface area contributed by atoms with E-state index in [1.54, 1.807) is 0 Å². The van der Waals surface area contributed by atoms with Gasteiger partial charge in [-0.05, 0) is 22.6 Å². The number of hydrogen-bond acceptors (Lipinski definition) is 2. The van der Waals surface area contributed by atoms with Gasteiger partial charge in [-0.2, -0.15) is 0 Å². The van der Waals surface area contributed by atoms with E-state index in [1.165, 1.54) is 16.7 Å². The van der Waals surface area contributed by atoms with E-state index in [2.05, 4.69) is 110 Å². The van der Waals surface area contributed by atoms with Gasteiger partial charge in [-0.3, -0.25) is 9.89 Å². The van der Waals surface area contributed by atoms with Crippen LogP contribution in [-0.2, 0) is 19.6 Å². The Hall–Kier alpha value is -2.71. The zero-order valence-corrected chi connectivity index (χ0v) is 16.9. The minimum Gasteiger partial charge on any atom is -0.291 e. The third-order valence-corrected chi connectivity index (χ3v) is 4.94. The van der Waals surface area contributed by atoms with Gasteiger partial charge in [-0.25, -0.2) is 0 Å². The molecule has 0 N–H and O–H groups in total. The predicted molar refractivity (Wildman–Crippen MR) is 119 cm³/mol. The highest BCUT2D eigenvalue weighted by molar-refractivity contribution is 5.65. The fourth-order valence-electron chi connectivity index (χ4n) is 3.44. The zero-order chi connectivity index (χ0) is 19.6. The Labute approximate surface area is 169 Å². The summed E-state index contributed by atoms with van der Waals surface area (Å²) in [6, 6.07) is 32.2. The summed E-state index contributed by atoms with van der Waals surface area (Å²) in [7, 11) is 0. The molecular formula is C26H30N2. The van der Waals surface area contributed by atoms with Crippen molar-refractivity contribution in [2.45, 2.75) is 39.5 Å². The number of rotatable bonds is 9. The van der Waals surface area contributed by atoms with Crippen LogP contribution < -0.4 is 0 Å². The average Bonchev–Trinajstić information content (AvgIpc) is 2.73. The van der Waals surface area contributed by atoms with Gasteiger partial charge in [0.05, 0.1) is 6.54 Å². The molecule has 0 aromatic heterocycles. The van der Waals surface area contributed by atoms with Crippen LogP contribution in [0, 0.1) is 5.92 Å². The van der Waals surface area contributed by atoms with E-state index >= 15 is 0 Å². The first kappa shape index (κ1) is 20.0. The Kier molecular flexibility index (Phi) is 7.57. The third kappa shape index (κ3) is 6.17. The monoisotopic (exact) mass is 370 g/mol. The maximum absolute atomic E-state index is 4.80. The highest BCUT2D eigenvalue weighted by Crippen LogP contribution is 2.18. The van der Waals surface area contributed by atoms with Crippen molar-refractivity contribution in [3.63, 3.8) is 0 Å². The third-order valence-electron chi connectivity index (χ3n) is 4.94. The second-order valence-electron chi connectivity index (χ2n) is 7.59. The lowest BCUT2D eigenvalue weighted by atomic mass is 10.0. The summed E-state index contributed by atoms with van der Waals surface area (Å²) in [6.45, 7) is 7.12. The van der Waals surface area contributed by atoms with Crippen molar-refractivity contribution in [1.82, 2.24) is 4.90 Å². The summed E-state index contributed by atoms with van der Waals surface area (Å²) >= 11 is 0. The lowest BCUT2D eigenvalue weighted by Crippen LogP contribution is -2.39. The second-order valence-corrected chi connectivity index (χ2v) is 7.59. The quantitative estimate of drug-likeness (QED) is 0.423. The normalized spacial score (nSPS) is 12.7. The fourth-order valence-corrected chi connectivity index (χ4v) is 3.44. The van der Waals surface area contributed by atoms with E-state index in [4.69, 9.17) is 4.99 Å². The Morgan fingerprint density at radius 1 is 0.679 bits per heavy atom. The van der Waals surface area contributed by atoms with Crippen LogP contribution in [0.15, 0.2) is 96.0 Å². The molecule has 1 atom stereocenters. The first-order valence-corrected chi connectivity index (χ1v) is 10.1. The molecule has 0 aliphatic rings. The standard InChI is InChI=1S/C26H30N2/c1-22(2)26(19-27-18-23-12-6-3-7-13-23)28(20-24-14-8-4-9-15-24)21-25-16-10-5-11-17-25/h3-17,19,22,26H,18,20-21H2,1-2H3/t26-/m1/s1. The molecule has 2 heteroatoms. The topological polar surface area (TPSA) is 15.6 Å². The molecule has 28 heavy (non-hydrogen) atoms. The van der Waals surface area contributed by atoms with Crippen molar-refractivity contribution in [2.75, 3.05) is 0 Å². The Morgan fingerprint density at radius 3 is 1.54 bits per heavy atom. The molecule has 3 aromatic carbocycles. The fraction of sp³-hybridized carbons (Fsp3) is 0.269. The van der Waals surface area contributed by atoms with Gasteiger partial charge in [-0.1, -0.05) is 105 Å². The number of nitrogens with zero attached hydrogens (tertiary/aromatic N) is 2. The van der Waals surface area contributed by atoms with Crippen LogP contribution in [-0.4, -0.2) is 17.2 Å². The van der Waals surface area contributed by atoms with Crippen LogP contribution in [0.4, 0.5) is 0 Å². The molecule has 0 amide bonds. The summed E-state index contributed by atoms with van der Waals surface area (Å²) in [4.78, 5) is 7.33. The van der Waals surface area contributed by atoms with E-state index in [-0.39, 0.29) is 6.04 Å². The highest BCUT2D eigenvalue weighted by Gasteiger charge is 2.20. The van der Waals surface area contributed by atoms with Gasteiger partial charge >= 0.3 is 0 Å². The SMILES string of the molecule is CC(C)[C@@H](C=NCc1ccccc1)N(Cc1ccccc1)Cc1ccccc1. The molecule has 2 nitrogen and oxygen atoms in total. The van der Waals surface area contributed by atoms with Crippen LogP contribution in [0.3, 0.4) is 0 Å². The van der Waals surface area contributed by atoms with Crippen molar-refractivity contribution in [1.29, 1.82) is 0 Å². The molecule has 0 unspecified atom stereocenters. The van der Waals surface area contributed by atoms with Gasteiger partial charge in [0.2, 0.25) is 0 Å².